The van der Waals surface area contributed by atoms with Gasteiger partial charge in [0.2, 0.25) is 0 Å². The van der Waals surface area contributed by atoms with Crippen LogP contribution in [0.4, 0.5) is 0 Å². The minimum absolute atomic E-state index is 0.268. The number of nitrogens with one attached hydrogen (secondary N) is 1. The van der Waals surface area contributed by atoms with E-state index in [9.17, 15) is 9.59 Å². The van der Waals surface area contributed by atoms with E-state index >= 15 is 0 Å². The Balaban J connectivity index is 1.64. The molecule has 4 rings (SSSR count). The fourth-order valence-electron chi connectivity index (χ4n) is 3.64. The number of fused-ring (bicyclic) bond motifs is 1. The zero-order chi connectivity index (χ0) is 23.4. The van der Waals surface area contributed by atoms with Crippen molar-refractivity contribution >= 4 is 23.0 Å². The van der Waals surface area contributed by atoms with Gasteiger partial charge < -0.3 is 0 Å². The van der Waals surface area contributed by atoms with E-state index in [0.29, 0.717) is 22.6 Å². The molecule has 1 aromatic heterocycles. The lowest BCUT2D eigenvalue weighted by atomic mass is 10.0. The minimum atomic E-state index is -0.815. The summed E-state index contributed by atoms with van der Waals surface area (Å²) in [7, 11) is 0. The van der Waals surface area contributed by atoms with Crippen LogP contribution in [0.3, 0.4) is 0 Å². The molecule has 1 heterocycles. The molecule has 0 radical (unpaired) electrons. The molecule has 166 valence electrons. The van der Waals surface area contributed by atoms with Gasteiger partial charge in [0.1, 0.15) is 11.9 Å². The van der Waals surface area contributed by atoms with E-state index < -0.39 is 11.9 Å². The first-order valence-electron chi connectivity index (χ1n) is 11.0. The molecule has 6 heteroatoms. The second-order valence-corrected chi connectivity index (χ2v) is 8.23. The summed E-state index contributed by atoms with van der Waals surface area (Å²) >= 11 is 0. The molecule has 1 amide bonds. The molecule has 0 aliphatic carbocycles. The van der Waals surface area contributed by atoms with Gasteiger partial charge in [-0.1, -0.05) is 80.6 Å². The molecule has 1 atom stereocenters. The number of hydrogen-bond donors (Lipinski definition) is 1. The molecule has 0 fully saturated rings. The van der Waals surface area contributed by atoms with Crippen molar-refractivity contribution in [1.29, 1.82) is 0 Å². The topological polar surface area (TPSA) is 76.3 Å². The summed E-state index contributed by atoms with van der Waals surface area (Å²) in [4.78, 5) is 31.0. The van der Waals surface area contributed by atoms with E-state index in [-0.39, 0.29) is 5.56 Å². The van der Waals surface area contributed by atoms with E-state index in [0.717, 1.165) is 11.1 Å². The van der Waals surface area contributed by atoms with Gasteiger partial charge in [-0.25, -0.2) is 10.4 Å². The summed E-state index contributed by atoms with van der Waals surface area (Å²) in [5.74, 6) is 0.487. The lowest BCUT2D eigenvalue weighted by molar-refractivity contribution is -0.123. The summed E-state index contributed by atoms with van der Waals surface area (Å²) in [5, 5.41) is 4.56. The van der Waals surface area contributed by atoms with Crippen molar-refractivity contribution in [1.82, 2.24) is 15.0 Å². The van der Waals surface area contributed by atoms with Gasteiger partial charge in [-0.2, -0.15) is 5.10 Å². The van der Waals surface area contributed by atoms with E-state index in [1.165, 1.54) is 10.1 Å². The number of carbonyl (C=O) groups excluding carboxylic acids is 1. The molecule has 1 N–H and O–H groups in total. The third kappa shape index (κ3) is 4.75. The fraction of sp³-hybridized carbons (Fsp3) is 0.185. The van der Waals surface area contributed by atoms with Gasteiger partial charge in [-0.15, -0.1) is 0 Å². The Bertz CT molecular complexity index is 1360. The van der Waals surface area contributed by atoms with Crippen molar-refractivity contribution in [3.63, 3.8) is 0 Å². The van der Waals surface area contributed by atoms with Gasteiger partial charge in [0, 0.05) is 5.56 Å². The summed E-state index contributed by atoms with van der Waals surface area (Å²) in [6, 6.07) is 23.7. The lowest BCUT2D eigenvalue weighted by Gasteiger charge is -2.18. The molecule has 0 saturated heterocycles. The highest BCUT2D eigenvalue weighted by Gasteiger charge is 2.22. The molecule has 0 saturated carbocycles. The monoisotopic (exact) mass is 438 g/mol. The molecular formula is C27H26N4O2. The van der Waals surface area contributed by atoms with Crippen molar-refractivity contribution in [2.24, 2.45) is 5.10 Å². The Hall–Kier alpha value is -4.06. The normalized spacial score (nSPS) is 12.4. The predicted molar refractivity (Wildman–Crippen MR) is 132 cm³/mol. The number of hydrogen-bond acceptors (Lipinski definition) is 4. The van der Waals surface area contributed by atoms with Crippen molar-refractivity contribution in [3.05, 3.63) is 100 Å². The zero-order valence-corrected chi connectivity index (χ0v) is 18.9. The molecule has 3 aromatic carbocycles. The molecule has 0 unspecified atom stereocenters. The van der Waals surface area contributed by atoms with Gasteiger partial charge in [-0.05, 0) is 36.1 Å². The van der Waals surface area contributed by atoms with Crippen molar-refractivity contribution in [2.45, 2.75) is 32.7 Å². The molecule has 0 spiro atoms. The van der Waals surface area contributed by atoms with Crippen molar-refractivity contribution in [2.75, 3.05) is 0 Å². The second-order valence-electron chi connectivity index (χ2n) is 8.23. The van der Waals surface area contributed by atoms with Crippen molar-refractivity contribution < 1.29 is 4.79 Å². The maximum absolute atomic E-state index is 13.4. The van der Waals surface area contributed by atoms with E-state index in [1.54, 1.807) is 31.3 Å². The first-order chi connectivity index (χ1) is 16.0. The number of amides is 1. The molecular weight excluding hydrogens is 412 g/mol. The van der Waals surface area contributed by atoms with Crippen molar-refractivity contribution in [3.8, 4) is 11.4 Å². The fourth-order valence-corrected chi connectivity index (χ4v) is 3.64. The molecule has 0 aliphatic rings. The van der Waals surface area contributed by atoms with E-state index in [2.05, 4.69) is 24.4 Å². The minimum Gasteiger partial charge on any atom is -0.280 e. The van der Waals surface area contributed by atoms with Crippen LogP contribution in [0, 0.1) is 0 Å². The molecule has 0 bridgehead atoms. The van der Waals surface area contributed by atoms with Gasteiger partial charge >= 0.3 is 0 Å². The number of benzene rings is 3. The van der Waals surface area contributed by atoms with Gasteiger partial charge in [-0.3, -0.25) is 14.2 Å². The van der Waals surface area contributed by atoms with Crippen LogP contribution in [0.1, 0.15) is 43.9 Å². The highest BCUT2D eigenvalue weighted by molar-refractivity contribution is 5.85. The highest BCUT2D eigenvalue weighted by atomic mass is 16.2. The Morgan fingerprint density at radius 3 is 2.30 bits per heavy atom. The molecule has 6 nitrogen and oxygen atoms in total. The maximum Gasteiger partial charge on any atom is 0.263 e. The largest absolute Gasteiger partial charge is 0.280 e. The average molecular weight is 439 g/mol. The quantitative estimate of drug-likeness (QED) is 0.344. The van der Waals surface area contributed by atoms with Gasteiger partial charge in [0.15, 0.2) is 0 Å². The summed E-state index contributed by atoms with van der Waals surface area (Å²) in [5.41, 5.74) is 5.76. The van der Waals surface area contributed by atoms with Crippen LogP contribution in [0.25, 0.3) is 22.3 Å². The van der Waals surface area contributed by atoms with Crippen LogP contribution >= 0.6 is 0 Å². The Morgan fingerprint density at radius 1 is 0.939 bits per heavy atom. The molecule has 0 aliphatic heterocycles. The van der Waals surface area contributed by atoms with E-state index in [1.807, 2.05) is 60.7 Å². The number of rotatable bonds is 6. The Labute approximate surface area is 192 Å². The predicted octanol–water partition coefficient (Wildman–Crippen LogP) is 4.90. The Kier molecular flexibility index (Phi) is 6.45. The first kappa shape index (κ1) is 22.1. The Morgan fingerprint density at radius 2 is 1.61 bits per heavy atom. The van der Waals surface area contributed by atoms with Crippen LogP contribution in [-0.4, -0.2) is 21.7 Å². The number of para-hydroxylation sites is 1. The molecule has 4 aromatic rings. The summed E-state index contributed by atoms with van der Waals surface area (Å²) in [6.07, 6.45) is 1.59. The average Bonchev–Trinajstić information content (AvgIpc) is 2.84. The third-order valence-electron chi connectivity index (χ3n) is 5.60. The maximum atomic E-state index is 13.4. The second kappa shape index (κ2) is 9.61. The number of hydrazone groups is 1. The number of nitrogens with zero attached hydrogens (tertiary/aromatic N) is 3. The molecule has 33 heavy (non-hydrogen) atoms. The smallest absolute Gasteiger partial charge is 0.263 e. The van der Waals surface area contributed by atoms with Gasteiger partial charge in [0.05, 0.1) is 17.1 Å². The van der Waals surface area contributed by atoms with Crippen LogP contribution in [0.15, 0.2) is 88.8 Å². The number of carbonyl (C=O) groups is 1. The standard InChI is InChI=1S/C27H26N4O2/c1-18(2)21-15-13-20(14-16-21)17-28-30-26(32)19(3)31-25(22-9-5-4-6-10-22)29-24-12-8-7-11-23(24)27(31)33/h4-19H,1-3H3,(H,30,32)/t19-/m1/s1. The van der Waals surface area contributed by atoms with Crippen LogP contribution in [0.5, 0.6) is 0 Å². The SMILES string of the molecule is CC(C)c1ccc(C=NNC(=O)[C@@H](C)n2c(-c3ccccc3)nc3ccccc3c2=O)cc1. The lowest BCUT2D eigenvalue weighted by Crippen LogP contribution is -2.35. The number of aromatic nitrogens is 2. The van der Waals surface area contributed by atoms with Crippen LogP contribution in [0.2, 0.25) is 0 Å². The van der Waals surface area contributed by atoms with Crippen LogP contribution in [-0.2, 0) is 4.79 Å². The third-order valence-corrected chi connectivity index (χ3v) is 5.60. The first-order valence-corrected chi connectivity index (χ1v) is 11.0. The highest BCUT2D eigenvalue weighted by Crippen LogP contribution is 2.22. The van der Waals surface area contributed by atoms with E-state index in [4.69, 9.17) is 4.98 Å². The summed E-state index contributed by atoms with van der Waals surface area (Å²) < 4.78 is 1.43. The van der Waals surface area contributed by atoms with Gasteiger partial charge in [0.25, 0.3) is 11.5 Å². The zero-order valence-electron chi connectivity index (χ0n) is 18.9. The van der Waals surface area contributed by atoms with Crippen LogP contribution < -0.4 is 11.0 Å². The summed E-state index contributed by atoms with van der Waals surface area (Å²) in [6.45, 7) is 5.95.